The molecular formula is C10H7BrN8. The first-order chi connectivity index (χ1) is 9.29. The van der Waals surface area contributed by atoms with E-state index in [0.717, 1.165) is 15.5 Å². The van der Waals surface area contributed by atoms with Crippen LogP contribution in [0, 0.1) is 0 Å². The molecule has 4 aromatic rings. The van der Waals surface area contributed by atoms with E-state index < -0.39 is 0 Å². The van der Waals surface area contributed by atoms with E-state index in [-0.39, 0.29) is 0 Å². The number of fused-ring (bicyclic) bond motifs is 3. The van der Waals surface area contributed by atoms with Gasteiger partial charge in [-0.05, 0) is 15.9 Å². The van der Waals surface area contributed by atoms with Crippen molar-refractivity contribution < 1.29 is 0 Å². The molecule has 0 amide bonds. The van der Waals surface area contributed by atoms with Crippen LogP contribution < -0.4 is 0 Å². The molecule has 4 heterocycles. The highest BCUT2D eigenvalue weighted by atomic mass is 79.9. The summed E-state index contributed by atoms with van der Waals surface area (Å²) in [6, 6.07) is 0. The first-order valence-electron chi connectivity index (χ1n) is 5.51. The molecule has 0 aliphatic heterocycles. The fourth-order valence-electron chi connectivity index (χ4n) is 1.92. The molecule has 4 rings (SSSR count). The summed E-state index contributed by atoms with van der Waals surface area (Å²) in [6.45, 7) is 0.507. The summed E-state index contributed by atoms with van der Waals surface area (Å²) in [5, 5.41) is 16.2. The third-order valence-electron chi connectivity index (χ3n) is 2.74. The van der Waals surface area contributed by atoms with E-state index in [1.165, 1.54) is 0 Å². The molecular weight excluding hydrogens is 312 g/mol. The number of aromatic nitrogens is 8. The Kier molecular flexibility index (Phi) is 2.15. The van der Waals surface area contributed by atoms with Gasteiger partial charge in [0, 0.05) is 6.20 Å². The average molecular weight is 319 g/mol. The Morgan fingerprint density at radius 3 is 3.11 bits per heavy atom. The van der Waals surface area contributed by atoms with Crippen molar-refractivity contribution in [2.75, 3.05) is 0 Å². The zero-order valence-electron chi connectivity index (χ0n) is 9.52. The van der Waals surface area contributed by atoms with Gasteiger partial charge in [-0.15, -0.1) is 5.10 Å². The van der Waals surface area contributed by atoms with Crippen LogP contribution >= 0.6 is 15.9 Å². The summed E-state index contributed by atoms with van der Waals surface area (Å²) in [7, 11) is 0. The second kappa shape index (κ2) is 3.85. The molecule has 0 bridgehead atoms. The molecule has 0 spiro atoms. The molecule has 4 aromatic heterocycles. The molecule has 0 saturated heterocycles. The Morgan fingerprint density at radius 1 is 1.32 bits per heavy atom. The van der Waals surface area contributed by atoms with E-state index in [9.17, 15) is 0 Å². The fourth-order valence-corrected chi connectivity index (χ4v) is 2.25. The number of nitrogens with zero attached hydrogens (tertiary/aromatic N) is 7. The molecule has 0 fully saturated rings. The number of hydrogen-bond donors (Lipinski definition) is 1. The van der Waals surface area contributed by atoms with Crippen molar-refractivity contribution in [3.05, 3.63) is 35.2 Å². The van der Waals surface area contributed by atoms with Gasteiger partial charge in [0.2, 0.25) is 0 Å². The van der Waals surface area contributed by atoms with Gasteiger partial charge >= 0.3 is 0 Å². The van der Waals surface area contributed by atoms with Crippen molar-refractivity contribution >= 4 is 32.6 Å². The van der Waals surface area contributed by atoms with Gasteiger partial charge < -0.3 is 0 Å². The van der Waals surface area contributed by atoms with Gasteiger partial charge in [0.15, 0.2) is 17.1 Å². The lowest BCUT2D eigenvalue weighted by atomic mass is 10.4. The van der Waals surface area contributed by atoms with Gasteiger partial charge in [0.1, 0.15) is 12.9 Å². The minimum atomic E-state index is 0.507. The van der Waals surface area contributed by atoms with Gasteiger partial charge in [0.25, 0.3) is 0 Å². The Morgan fingerprint density at radius 2 is 2.26 bits per heavy atom. The van der Waals surface area contributed by atoms with Gasteiger partial charge in [-0.3, -0.25) is 9.78 Å². The maximum Gasteiger partial charge on any atom is 0.173 e. The molecule has 0 atom stereocenters. The molecule has 9 heteroatoms. The third-order valence-corrected chi connectivity index (χ3v) is 3.15. The minimum absolute atomic E-state index is 0.507. The lowest BCUT2D eigenvalue weighted by molar-refractivity contribution is 0.653. The Labute approximate surface area is 114 Å². The van der Waals surface area contributed by atoms with Gasteiger partial charge in [-0.2, -0.15) is 10.2 Å². The van der Waals surface area contributed by atoms with Crippen molar-refractivity contribution in [2.45, 2.75) is 6.54 Å². The SMILES string of the molecule is Brc1cnn(Cc2nc3c4cn[nH]c4ncn3n2)c1. The summed E-state index contributed by atoms with van der Waals surface area (Å²) < 4.78 is 4.33. The number of rotatable bonds is 2. The number of hydrogen-bond acceptors (Lipinski definition) is 5. The van der Waals surface area contributed by atoms with Crippen molar-refractivity contribution in [3.63, 3.8) is 0 Å². The smallest absolute Gasteiger partial charge is 0.173 e. The maximum atomic E-state index is 4.49. The summed E-state index contributed by atoms with van der Waals surface area (Å²) in [6.07, 6.45) is 6.91. The van der Waals surface area contributed by atoms with Crippen LogP contribution in [0.2, 0.25) is 0 Å². The number of halogens is 1. The molecule has 0 aromatic carbocycles. The van der Waals surface area contributed by atoms with Gasteiger partial charge in [0.05, 0.1) is 22.3 Å². The first-order valence-corrected chi connectivity index (χ1v) is 6.30. The summed E-state index contributed by atoms with van der Waals surface area (Å²) >= 11 is 3.36. The topological polar surface area (TPSA) is 89.6 Å². The Hall–Kier alpha value is -2.29. The summed E-state index contributed by atoms with van der Waals surface area (Å²) in [4.78, 5) is 8.70. The van der Waals surface area contributed by atoms with E-state index in [4.69, 9.17) is 0 Å². The van der Waals surface area contributed by atoms with Crippen molar-refractivity contribution in [1.82, 2.24) is 39.6 Å². The van der Waals surface area contributed by atoms with E-state index in [1.807, 2.05) is 6.20 Å². The normalized spacial score (nSPS) is 11.6. The number of aromatic amines is 1. The van der Waals surface area contributed by atoms with E-state index in [0.29, 0.717) is 18.0 Å². The second-order valence-corrected chi connectivity index (χ2v) is 4.94. The lowest BCUT2D eigenvalue weighted by Crippen LogP contribution is -2.01. The first kappa shape index (κ1) is 10.6. The molecule has 0 unspecified atom stereocenters. The zero-order chi connectivity index (χ0) is 12.8. The highest BCUT2D eigenvalue weighted by Gasteiger charge is 2.10. The number of H-pyrrole nitrogens is 1. The minimum Gasteiger partial charge on any atom is -0.264 e. The quantitative estimate of drug-likeness (QED) is 0.595. The van der Waals surface area contributed by atoms with Crippen LogP contribution in [-0.4, -0.2) is 39.6 Å². The zero-order valence-corrected chi connectivity index (χ0v) is 11.1. The predicted molar refractivity (Wildman–Crippen MR) is 69.5 cm³/mol. The molecule has 94 valence electrons. The Balaban J connectivity index is 1.82. The molecule has 8 nitrogen and oxygen atoms in total. The standard InChI is InChI=1S/C10H7BrN8/c11-6-1-14-18(3-6)4-8-15-10-7-2-13-16-9(7)12-5-19(10)17-8/h1-3,5H,4H2,(H,13,16). The van der Waals surface area contributed by atoms with E-state index in [2.05, 4.69) is 46.3 Å². The molecule has 1 N–H and O–H groups in total. The maximum absolute atomic E-state index is 4.49. The number of nitrogens with one attached hydrogen (secondary N) is 1. The highest BCUT2D eigenvalue weighted by Crippen LogP contribution is 2.14. The third kappa shape index (κ3) is 1.70. The molecule has 0 aliphatic rings. The van der Waals surface area contributed by atoms with Gasteiger partial charge in [-0.25, -0.2) is 14.5 Å². The monoisotopic (exact) mass is 318 g/mol. The summed E-state index contributed by atoms with van der Waals surface area (Å²) in [5.74, 6) is 0.672. The highest BCUT2D eigenvalue weighted by molar-refractivity contribution is 9.10. The van der Waals surface area contributed by atoms with Crippen molar-refractivity contribution in [1.29, 1.82) is 0 Å². The van der Waals surface area contributed by atoms with Crippen molar-refractivity contribution in [3.8, 4) is 0 Å². The fraction of sp³-hybridized carbons (Fsp3) is 0.100. The summed E-state index contributed by atoms with van der Waals surface area (Å²) in [5.41, 5.74) is 1.44. The van der Waals surface area contributed by atoms with E-state index in [1.54, 1.807) is 27.9 Å². The molecule has 0 radical (unpaired) electrons. The second-order valence-electron chi connectivity index (χ2n) is 4.03. The van der Waals surface area contributed by atoms with E-state index >= 15 is 0 Å². The van der Waals surface area contributed by atoms with Crippen LogP contribution in [0.25, 0.3) is 16.7 Å². The van der Waals surface area contributed by atoms with Crippen LogP contribution in [0.3, 0.4) is 0 Å². The Bertz CT molecular complexity index is 872. The molecule has 0 saturated carbocycles. The van der Waals surface area contributed by atoms with Crippen LogP contribution in [0.4, 0.5) is 0 Å². The van der Waals surface area contributed by atoms with Crippen LogP contribution in [-0.2, 0) is 6.54 Å². The average Bonchev–Trinajstić information content (AvgIpc) is 3.07. The lowest BCUT2D eigenvalue weighted by Gasteiger charge is -1.93. The van der Waals surface area contributed by atoms with Crippen LogP contribution in [0.15, 0.2) is 29.4 Å². The van der Waals surface area contributed by atoms with Crippen LogP contribution in [0.1, 0.15) is 5.82 Å². The van der Waals surface area contributed by atoms with Crippen LogP contribution in [0.5, 0.6) is 0 Å². The molecule has 19 heavy (non-hydrogen) atoms. The molecule has 0 aliphatic carbocycles. The van der Waals surface area contributed by atoms with Gasteiger partial charge in [-0.1, -0.05) is 0 Å². The largest absolute Gasteiger partial charge is 0.264 e. The van der Waals surface area contributed by atoms with Crippen molar-refractivity contribution in [2.24, 2.45) is 0 Å². The predicted octanol–water partition coefficient (Wildman–Crippen LogP) is 1.01.